The maximum atomic E-state index is 13.8. The predicted molar refractivity (Wildman–Crippen MR) is 184 cm³/mol. The van der Waals surface area contributed by atoms with Gasteiger partial charge in [-0.1, -0.05) is 45.0 Å². The van der Waals surface area contributed by atoms with Gasteiger partial charge in [0.25, 0.3) is 0 Å². The Morgan fingerprint density at radius 2 is 1.58 bits per heavy atom. The molecule has 3 rings (SSSR count). The molecule has 48 heavy (non-hydrogen) atoms. The number of likely N-dealkylation sites (tertiary alicyclic amines) is 1. The number of β-amino-alcohol motifs (C(OH)–C–C–N with tert-alkyl or cyclic N) is 1. The fourth-order valence-corrected chi connectivity index (χ4v) is 6.03. The van der Waals surface area contributed by atoms with Gasteiger partial charge in [-0.3, -0.25) is 14.4 Å². The van der Waals surface area contributed by atoms with Crippen molar-refractivity contribution in [2.24, 2.45) is 5.41 Å². The number of amides is 3. The molecule has 0 radical (unpaired) electrons. The number of aliphatic hydroxyl groups excluding tert-OH is 1. The molecule has 1 aliphatic rings. The molecular weight excluding hydrogens is 638 g/mol. The van der Waals surface area contributed by atoms with Crippen LogP contribution in [0.5, 0.6) is 0 Å². The molecule has 0 aliphatic carbocycles. The lowest BCUT2D eigenvalue weighted by atomic mass is 9.85. The number of thiazole rings is 1. The fourth-order valence-electron chi connectivity index (χ4n) is 5.22. The van der Waals surface area contributed by atoms with Crippen LogP contribution >= 0.6 is 11.3 Å². The standard InChI is InChI=1S/C34H53N5O8S/c1-23(25-7-9-26(10-8-25)30-24(2)36-22-48-30)37-32(42)28-19-27(40)20-39(28)33(43)31(34(3,4)5)38-29(41)21-47-18-17-46-16-15-45-14-13-44-12-11-35-6/h7-10,22-23,27-28,31,35,40H,11-21H2,1-6H3,(H,37,42)(H,38,41)/t23-,27?,28?,31+/m0/s1. The number of ether oxygens (including phenoxy) is 4. The van der Waals surface area contributed by atoms with E-state index in [0.29, 0.717) is 33.0 Å². The van der Waals surface area contributed by atoms with Crippen molar-refractivity contribution in [1.29, 1.82) is 0 Å². The number of hydrogen-bond donors (Lipinski definition) is 4. The van der Waals surface area contributed by atoms with E-state index in [1.54, 1.807) is 11.3 Å². The molecule has 13 nitrogen and oxygen atoms in total. The first-order valence-corrected chi connectivity index (χ1v) is 17.3. The Balaban J connectivity index is 1.46. The van der Waals surface area contributed by atoms with Crippen LogP contribution in [0.1, 0.15) is 51.4 Å². The first-order chi connectivity index (χ1) is 22.9. The summed E-state index contributed by atoms with van der Waals surface area (Å²) in [4.78, 5) is 46.9. The largest absolute Gasteiger partial charge is 0.391 e. The molecule has 0 bridgehead atoms. The first kappa shape index (κ1) is 39.5. The highest BCUT2D eigenvalue weighted by atomic mass is 32.1. The second-order valence-electron chi connectivity index (χ2n) is 12.9. The summed E-state index contributed by atoms with van der Waals surface area (Å²) >= 11 is 1.58. The van der Waals surface area contributed by atoms with Crippen LogP contribution in [0, 0.1) is 12.3 Å². The maximum absolute atomic E-state index is 13.8. The number of nitrogens with zero attached hydrogens (tertiary/aromatic N) is 2. The summed E-state index contributed by atoms with van der Waals surface area (Å²) in [5.74, 6) is -1.25. The van der Waals surface area contributed by atoms with Crippen molar-refractivity contribution in [3.05, 3.63) is 41.0 Å². The Hall–Kier alpha value is -2.98. The monoisotopic (exact) mass is 691 g/mol. The van der Waals surface area contributed by atoms with Crippen LogP contribution in [0.25, 0.3) is 10.4 Å². The van der Waals surface area contributed by atoms with Gasteiger partial charge in [-0.25, -0.2) is 4.98 Å². The van der Waals surface area contributed by atoms with Gasteiger partial charge in [0.2, 0.25) is 17.7 Å². The van der Waals surface area contributed by atoms with Crippen LogP contribution in [-0.4, -0.2) is 124 Å². The van der Waals surface area contributed by atoms with E-state index in [0.717, 1.165) is 28.2 Å². The minimum atomic E-state index is -0.940. The average Bonchev–Trinajstić information content (AvgIpc) is 3.66. The molecule has 4 atom stereocenters. The Bertz CT molecular complexity index is 1290. The maximum Gasteiger partial charge on any atom is 0.246 e. The van der Waals surface area contributed by atoms with Gasteiger partial charge in [-0.05, 0) is 37.4 Å². The lowest BCUT2D eigenvalue weighted by Gasteiger charge is -2.35. The SMILES string of the molecule is CNCCOCCOCCOCCOCC(=O)N[C@H](C(=O)N1CC(O)CC1C(=O)N[C@@H](C)c1ccc(-c2scnc2C)cc1)C(C)(C)C. The molecule has 3 amide bonds. The van der Waals surface area contributed by atoms with Crippen molar-refractivity contribution < 1.29 is 38.4 Å². The summed E-state index contributed by atoms with van der Waals surface area (Å²) < 4.78 is 21.7. The van der Waals surface area contributed by atoms with Crippen molar-refractivity contribution in [2.45, 2.75) is 65.3 Å². The summed E-state index contributed by atoms with van der Waals surface area (Å²) in [5.41, 5.74) is 4.08. The summed E-state index contributed by atoms with van der Waals surface area (Å²) in [6, 6.07) is 5.79. The Kier molecular flexibility index (Phi) is 16.3. The summed E-state index contributed by atoms with van der Waals surface area (Å²) in [6.07, 6.45) is -0.749. The van der Waals surface area contributed by atoms with Gasteiger partial charge in [0.05, 0.1) is 74.5 Å². The quantitative estimate of drug-likeness (QED) is 0.151. The van der Waals surface area contributed by atoms with Crippen LogP contribution in [0.15, 0.2) is 29.8 Å². The minimum absolute atomic E-state index is 0.00242. The molecule has 2 unspecified atom stereocenters. The number of likely N-dealkylation sites (N-methyl/N-ethyl adjacent to an activating group) is 1. The number of carbonyl (C=O) groups is 3. The number of aliphatic hydroxyl groups is 1. The lowest BCUT2D eigenvalue weighted by molar-refractivity contribution is -0.144. The lowest BCUT2D eigenvalue weighted by Crippen LogP contribution is -2.58. The molecule has 1 aromatic heterocycles. The van der Waals surface area contributed by atoms with Gasteiger partial charge in [-0.15, -0.1) is 11.3 Å². The van der Waals surface area contributed by atoms with E-state index in [-0.39, 0.29) is 44.7 Å². The molecular formula is C34H53N5O8S. The zero-order valence-electron chi connectivity index (χ0n) is 29.1. The van der Waals surface area contributed by atoms with Crippen LogP contribution in [0.4, 0.5) is 0 Å². The highest BCUT2D eigenvalue weighted by Gasteiger charge is 2.44. The van der Waals surface area contributed by atoms with E-state index in [4.69, 9.17) is 18.9 Å². The van der Waals surface area contributed by atoms with Crippen molar-refractivity contribution in [3.8, 4) is 10.4 Å². The third-order valence-electron chi connectivity index (χ3n) is 7.91. The summed E-state index contributed by atoms with van der Waals surface area (Å²) in [5, 5.41) is 19.3. The molecule has 268 valence electrons. The highest BCUT2D eigenvalue weighted by molar-refractivity contribution is 7.13. The zero-order valence-corrected chi connectivity index (χ0v) is 29.9. The van der Waals surface area contributed by atoms with E-state index in [9.17, 15) is 19.5 Å². The van der Waals surface area contributed by atoms with Crippen molar-refractivity contribution in [2.75, 3.05) is 73.0 Å². The van der Waals surface area contributed by atoms with E-state index >= 15 is 0 Å². The minimum Gasteiger partial charge on any atom is -0.391 e. The third-order valence-corrected chi connectivity index (χ3v) is 8.88. The molecule has 0 saturated carbocycles. The second kappa shape index (κ2) is 19.9. The number of nitrogens with one attached hydrogen (secondary N) is 3. The zero-order chi connectivity index (χ0) is 35.1. The number of hydrogen-bond acceptors (Lipinski definition) is 11. The number of rotatable bonds is 20. The Morgan fingerprint density at radius 1 is 0.979 bits per heavy atom. The van der Waals surface area contributed by atoms with Crippen molar-refractivity contribution in [3.63, 3.8) is 0 Å². The molecule has 1 saturated heterocycles. The number of benzene rings is 1. The molecule has 2 aromatic rings. The summed E-state index contributed by atoms with van der Waals surface area (Å²) in [6.45, 7) is 12.8. The van der Waals surface area contributed by atoms with Crippen molar-refractivity contribution in [1.82, 2.24) is 25.8 Å². The average molecular weight is 692 g/mol. The topological polar surface area (TPSA) is 161 Å². The van der Waals surface area contributed by atoms with E-state index in [1.807, 2.05) is 71.4 Å². The first-order valence-electron chi connectivity index (χ1n) is 16.5. The van der Waals surface area contributed by atoms with Gasteiger partial charge in [0, 0.05) is 19.5 Å². The number of aromatic nitrogens is 1. The van der Waals surface area contributed by atoms with Gasteiger partial charge in [0.1, 0.15) is 18.7 Å². The molecule has 0 spiro atoms. The third kappa shape index (κ3) is 12.5. The molecule has 1 aromatic carbocycles. The number of aryl methyl sites for hydroxylation is 1. The second-order valence-corrected chi connectivity index (χ2v) is 13.7. The van der Waals surface area contributed by atoms with E-state index < -0.39 is 35.4 Å². The van der Waals surface area contributed by atoms with Crippen LogP contribution in [0.3, 0.4) is 0 Å². The Morgan fingerprint density at radius 3 is 2.15 bits per heavy atom. The Labute approximate surface area is 288 Å². The smallest absolute Gasteiger partial charge is 0.246 e. The van der Waals surface area contributed by atoms with Gasteiger partial charge < -0.3 is 44.9 Å². The molecule has 1 aliphatic heterocycles. The van der Waals surface area contributed by atoms with E-state index in [1.165, 1.54) is 4.90 Å². The normalized spacial score (nSPS) is 17.7. The molecule has 2 heterocycles. The molecule has 4 N–H and O–H groups in total. The van der Waals surface area contributed by atoms with Gasteiger partial charge in [-0.2, -0.15) is 0 Å². The summed E-state index contributed by atoms with van der Waals surface area (Å²) in [7, 11) is 1.87. The van der Waals surface area contributed by atoms with Crippen LogP contribution in [0.2, 0.25) is 0 Å². The number of carbonyl (C=O) groups excluding carboxylic acids is 3. The highest BCUT2D eigenvalue weighted by Crippen LogP contribution is 2.29. The van der Waals surface area contributed by atoms with Crippen LogP contribution in [-0.2, 0) is 33.3 Å². The fraction of sp³-hybridized carbons (Fsp3) is 0.647. The van der Waals surface area contributed by atoms with Gasteiger partial charge >= 0.3 is 0 Å². The molecule has 1 fully saturated rings. The molecule has 14 heteroatoms. The van der Waals surface area contributed by atoms with E-state index in [2.05, 4.69) is 20.9 Å². The van der Waals surface area contributed by atoms with Crippen molar-refractivity contribution >= 4 is 29.1 Å². The van der Waals surface area contributed by atoms with Crippen LogP contribution < -0.4 is 16.0 Å². The predicted octanol–water partition coefficient (Wildman–Crippen LogP) is 2.07. The van der Waals surface area contributed by atoms with Gasteiger partial charge in [0.15, 0.2) is 0 Å².